The number of carbonyl (C=O) groups excluding carboxylic acids is 2. The second-order valence-electron chi connectivity index (χ2n) is 11.4. The number of aromatic amines is 1. The molecule has 5 heterocycles. The number of rotatable bonds is 7. The molecular formula is C29H35FN8O3. The predicted octanol–water partition coefficient (Wildman–Crippen LogP) is 3.27. The van der Waals surface area contributed by atoms with Crippen LogP contribution in [-0.4, -0.2) is 80.5 Å². The third kappa shape index (κ3) is 5.01. The Morgan fingerprint density at radius 1 is 1.20 bits per heavy atom. The molecule has 2 amide bonds. The Bertz CT molecular complexity index is 1440. The van der Waals surface area contributed by atoms with Crippen molar-refractivity contribution in [2.45, 2.75) is 52.2 Å². The third-order valence-corrected chi connectivity index (χ3v) is 8.56. The quantitative estimate of drug-likeness (QED) is 0.450. The van der Waals surface area contributed by atoms with E-state index in [1.54, 1.807) is 17.3 Å². The molecule has 2 aromatic heterocycles. The summed E-state index contributed by atoms with van der Waals surface area (Å²) in [6, 6.07) is 3.60. The highest BCUT2D eigenvalue weighted by Crippen LogP contribution is 2.45. The number of ether oxygens (including phenoxy) is 1. The summed E-state index contributed by atoms with van der Waals surface area (Å²) in [6.07, 6.45) is 6.59. The van der Waals surface area contributed by atoms with E-state index in [1.165, 1.54) is 24.5 Å². The van der Waals surface area contributed by atoms with Crippen molar-refractivity contribution in [2.75, 3.05) is 37.6 Å². The van der Waals surface area contributed by atoms with E-state index in [0.29, 0.717) is 37.7 Å². The van der Waals surface area contributed by atoms with Crippen LogP contribution in [0.1, 0.15) is 61.3 Å². The van der Waals surface area contributed by atoms with Gasteiger partial charge in [0.2, 0.25) is 5.91 Å². The monoisotopic (exact) mass is 562 g/mol. The zero-order chi connectivity index (χ0) is 28.7. The topological polar surface area (TPSA) is 120 Å². The first-order valence-corrected chi connectivity index (χ1v) is 14.2. The van der Waals surface area contributed by atoms with Crippen LogP contribution in [-0.2, 0) is 11.3 Å². The number of piperidine rings is 1. The molecule has 1 atom stereocenters. The number of hydrogen-bond acceptors (Lipinski definition) is 8. The van der Waals surface area contributed by atoms with E-state index >= 15 is 0 Å². The summed E-state index contributed by atoms with van der Waals surface area (Å²) < 4.78 is 20.4. The smallest absolute Gasteiger partial charge is 0.257 e. The van der Waals surface area contributed by atoms with Crippen LogP contribution in [0.15, 0.2) is 36.9 Å². The fourth-order valence-corrected chi connectivity index (χ4v) is 6.26. The number of amides is 2. The van der Waals surface area contributed by atoms with Crippen molar-refractivity contribution in [3.8, 4) is 11.5 Å². The Morgan fingerprint density at radius 2 is 1.98 bits per heavy atom. The molecule has 0 radical (unpaired) electrons. The Kier molecular flexibility index (Phi) is 7.10. The second kappa shape index (κ2) is 10.7. The van der Waals surface area contributed by atoms with Crippen LogP contribution < -0.4 is 15.0 Å². The number of fused-ring (bicyclic) bond motifs is 1. The van der Waals surface area contributed by atoms with Crippen molar-refractivity contribution in [1.82, 2.24) is 35.3 Å². The van der Waals surface area contributed by atoms with Crippen LogP contribution in [0, 0.1) is 11.2 Å². The van der Waals surface area contributed by atoms with Crippen LogP contribution in [0.2, 0.25) is 0 Å². The van der Waals surface area contributed by atoms with Gasteiger partial charge in [0.25, 0.3) is 5.91 Å². The van der Waals surface area contributed by atoms with Gasteiger partial charge >= 0.3 is 0 Å². The molecule has 0 unspecified atom stereocenters. The number of benzene rings is 1. The van der Waals surface area contributed by atoms with Gasteiger partial charge in [-0.15, -0.1) is 0 Å². The molecule has 1 spiro atoms. The molecule has 0 bridgehead atoms. The van der Waals surface area contributed by atoms with Crippen LogP contribution >= 0.6 is 0 Å². The van der Waals surface area contributed by atoms with E-state index in [0.717, 1.165) is 37.2 Å². The molecule has 41 heavy (non-hydrogen) atoms. The zero-order valence-electron chi connectivity index (χ0n) is 23.6. The lowest BCUT2D eigenvalue weighted by Crippen LogP contribution is -2.61. The average molecular weight is 563 g/mol. The predicted molar refractivity (Wildman–Crippen MR) is 149 cm³/mol. The van der Waals surface area contributed by atoms with Gasteiger partial charge in [0.15, 0.2) is 11.6 Å². The lowest BCUT2D eigenvalue weighted by atomic mass is 9.72. The van der Waals surface area contributed by atoms with Gasteiger partial charge in [0.05, 0.1) is 23.7 Å². The maximum atomic E-state index is 14.2. The summed E-state index contributed by atoms with van der Waals surface area (Å²) in [6.45, 7) is 9.82. The molecule has 2 N–H and O–H groups in total. The lowest BCUT2D eigenvalue weighted by molar-refractivity contribution is -0.136. The largest absolute Gasteiger partial charge is 0.451 e. The van der Waals surface area contributed by atoms with Crippen molar-refractivity contribution < 1.29 is 18.7 Å². The molecule has 6 rings (SSSR count). The fraction of sp³-hybridized carbons (Fsp3) is 0.483. The summed E-state index contributed by atoms with van der Waals surface area (Å²) in [5.74, 6) is 0.600. The molecule has 0 saturated carbocycles. The normalized spacial score (nSPS) is 19.3. The molecule has 1 aromatic carbocycles. The van der Waals surface area contributed by atoms with Gasteiger partial charge in [-0.3, -0.25) is 20.0 Å². The highest BCUT2D eigenvalue weighted by Gasteiger charge is 2.47. The number of nitrogens with zero attached hydrogens (tertiary/aromatic N) is 6. The van der Waals surface area contributed by atoms with Gasteiger partial charge in [-0.05, 0) is 51.8 Å². The molecule has 3 aliphatic heterocycles. The van der Waals surface area contributed by atoms with Crippen LogP contribution in [0.5, 0.6) is 11.5 Å². The molecule has 3 aliphatic rings. The SMILES string of the molecule is CCN(C(=O)c1cc(F)ccc1Oc1cncnc1N1CC2(CCN(C(=O)[C@H]3NCc4[nH]ncc43)CC2)C1)C(C)C. The first-order valence-electron chi connectivity index (χ1n) is 14.2. The second-order valence-corrected chi connectivity index (χ2v) is 11.4. The molecule has 12 heteroatoms. The summed E-state index contributed by atoms with van der Waals surface area (Å²) >= 11 is 0. The average Bonchev–Trinajstić information content (AvgIpc) is 3.57. The van der Waals surface area contributed by atoms with Crippen molar-refractivity contribution in [3.63, 3.8) is 0 Å². The van der Waals surface area contributed by atoms with Gasteiger partial charge in [0, 0.05) is 56.3 Å². The summed E-state index contributed by atoms with van der Waals surface area (Å²) in [4.78, 5) is 40.9. The van der Waals surface area contributed by atoms with Gasteiger partial charge < -0.3 is 19.4 Å². The molecule has 0 aliphatic carbocycles. The first kappa shape index (κ1) is 27.1. The molecule has 11 nitrogen and oxygen atoms in total. The van der Waals surface area contributed by atoms with Crippen LogP contribution in [0.4, 0.5) is 10.2 Å². The number of carbonyl (C=O) groups is 2. The maximum absolute atomic E-state index is 14.2. The third-order valence-electron chi connectivity index (χ3n) is 8.56. The van der Waals surface area contributed by atoms with Crippen LogP contribution in [0.3, 0.4) is 0 Å². The summed E-state index contributed by atoms with van der Waals surface area (Å²) in [7, 11) is 0. The van der Waals surface area contributed by atoms with Gasteiger partial charge in [-0.25, -0.2) is 14.4 Å². The number of nitrogens with one attached hydrogen (secondary N) is 2. The van der Waals surface area contributed by atoms with Gasteiger partial charge in [-0.2, -0.15) is 5.10 Å². The zero-order valence-corrected chi connectivity index (χ0v) is 23.6. The van der Waals surface area contributed by atoms with E-state index < -0.39 is 5.82 Å². The Hall–Kier alpha value is -4.06. The van der Waals surface area contributed by atoms with Crippen molar-refractivity contribution >= 4 is 17.6 Å². The van der Waals surface area contributed by atoms with Crippen molar-refractivity contribution in [1.29, 1.82) is 0 Å². The molecule has 216 valence electrons. The summed E-state index contributed by atoms with van der Waals surface area (Å²) in [5, 5.41) is 10.3. The van der Waals surface area contributed by atoms with Gasteiger partial charge in [0.1, 0.15) is 23.9 Å². The number of aromatic nitrogens is 4. The van der Waals surface area contributed by atoms with E-state index in [9.17, 15) is 14.0 Å². The van der Waals surface area contributed by atoms with E-state index in [4.69, 9.17) is 4.74 Å². The Balaban J connectivity index is 1.12. The molecule has 2 fully saturated rings. The standard InChI is InChI=1S/C29H35FN8O3/c1-4-38(18(2)3)27(39)20-11-19(30)5-6-23(20)41-24-14-31-17-33-26(24)37-15-29(16-37)7-9-36(10-8-29)28(40)25-21-12-34-35-22(21)13-32-25/h5-6,11-12,14,17-18,25,32H,4,7-10,13,15-16H2,1-3H3,(H,34,35)/t25-/m0/s1. The number of halogens is 1. The number of likely N-dealkylation sites (tertiary alicyclic amines) is 1. The van der Waals surface area contributed by atoms with E-state index in [2.05, 4.69) is 30.4 Å². The minimum atomic E-state index is -0.506. The van der Waals surface area contributed by atoms with Crippen molar-refractivity contribution in [3.05, 3.63) is 59.6 Å². The minimum absolute atomic E-state index is 0.0456. The van der Waals surface area contributed by atoms with E-state index in [1.807, 2.05) is 25.7 Å². The molecule has 3 aromatic rings. The Morgan fingerprint density at radius 3 is 2.71 bits per heavy atom. The first-order chi connectivity index (χ1) is 19.8. The Labute approximate surface area is 238 Å². The maximum Gasteiger partial charge on any atom is 0.257 e. The lowest BCUT2D eigenvalue weighted by Gasteiger charge is -2.54. The highest BCUT2D eigenvalue weighted by molar-refractivity contribution is 5.97. The number of anilines is 1. The number of H-pyrrole nitrogens is 1. The minimum Gasteiger partial charge on any atom is -0.451 e. The fourth-order valence-electron chi connectivity index (χ4n) is 6.26. The summed E-state index contributed by atoms with van der Waals surface area (Å²) in [5.41, 5.74) is 2.18. The molecular weight excluding hydrogens is 527 g/mol. The van der Waals surface area contributed by atoms with Crippen molar-refractivity contribution in [2.24, 2.45) is 5.41 Å². The van der Waals surface area contributed by atoms with Crippen LogP contribution in [0.25, 0.3) is 0 Å². The molecule has 2 saturated heterocycles. The van der Waals surface area contributed by atoms with Gasteiger partial charge in [-0.1, -0.05) is 0 Å². The van der Waals surface area contributed by atoms with E-state index in [-0.39, 0.29) is 40.6 Å². The number of hydrogen-bond donors (Lipinski definition) is 2. The highest BCUT2D eigenvalue weighted by atomic mass is 19.1.